The topological polar surface area (TPSA) is 75.9 Å². The van der Waals surface area contributed by atoms with E-state index in [4.69, 9.17) is 5.41 Å². The van der Waals surface area contributed by atoms with Crippen LogP contribution in [0, 0.1) is 5.41 Å². The van der Waals surface area contributed by atoms with Gasteiger partial charge in [-0.15, -0.1) is 0 Å². The zero-order valence-corrected chi connectivity index (χ0v) is 10.1. The third kappa shape index (κ3) is 4.53. The Hall–Kier alpha value is -2.55. The van der Waals surface area contributed by atoms with Crippen molar-refractivity contribution in [3.8, 4) is 0 Å². The fraction of sp³-hybridized carbons (Fsp3) is 0. The first-order chi connectivity index (χ1) is 8.61. The highest BCUT2D eigenvalue weighted by Gasteiger charge is 1.99. The molecule has 2 aromatic rings. The Labute approximate surface area is 107 Å². The smallest absolute Gasteiger partial charge is 0.183 e. The monoisotopic (exact) mass is 239 g/mol. The molecule has 3 heteroatoms. The molecular formula is C15H17N3. The van der Waals surface area contributed by atoms with Crippen molar-refractivity contribution in [3.63, 3.8) is 0 Å². The van der Waals surface area contributed by atoms with Crippen LogP contribution in [0.15, 0.2) is 67.2 Å². The lowest BCUT2D eigenvalue weighted by atomic mass is 10.0. The fourth-order valence-corrected chi connectivity index (χ4v) is 1.45. The maximum Gasteiger partial charge on any atom is 0.183 e. The van der Waals surface area contributed by atoms with E-state index in [-0.39, 0.29) is 5.96 Å². The third-order valence-electron chi connectivity index (χ3n) is 2.24. The van der Waals surface area contributed by atoms with Crippen molar-refractivity contribution in [1.82, 2.24) is 0 Å². The van der Waals surface area contributed by atoms with E-state index in [0.717, 1.165) is 5.57 Å². The second kappa shape index (κ2) is 6.91. The minimum absolute atomic E-state index is 0.333. The Balaban J connectivity index is 0.000000357. The molecule has 0 aromatic heterocycles. The molecule has 92 valence electrons. The zero-order chi connectivity index (χ0) is 13.4. The molecule has 18 heavy (non-hydrogen) atoms. The van der Waals surface area contributed by atoms with E-state index in [1.54, 1.807) is 0 Å². The normalized spacial score (nSPS) is 8.89. The number of nitrogens with one attached hydrogen (secondary N) is 1. The minimum atomic E-state index is -0.333. The second-order valence-corrected chi connectivity index (χ2v) is 3.67. The van der Waals surface area contributed by atoms with Crippen molar-refractivity contribution in [2.24, 2.45) is 11.5 Å². The maximum absolute atomic E-state index is 6.06. The van der Waals surface area contributed by atoms with Gasteiger partial charge in [0.25, 0.3) is 0 Å². The molecule has 0 spiro atoms. The highest BCUT2D eigenvalue weighted by Crippen LogP contribution is 2.20. The molecule has 2 rings (SSSR count). The Bertz CT molecular complexity index is 458. The molecule has 0 saturated heterocycles. The van der Waals surface area contributed by atoms with Gasteiger partial charge in [-0.1, -0.05) is 67.2 Å². The Kier molecular flexibility index (Phi) is 5.19. The summed E-state index contributed by atoms with van der Waals surface area (Å²) in [6.07, 6.45) is 0. The van der Waals surface area contributed by atoms with Gasteiger partial charge >= 0.3 is 0 Å². The number of rotatable bonds is 2. The quantitative estimate of drug-likeness (QED) is 0.556. The molecule has 0 unspecified atom stereocenters. The van der Waals surface area contributed by atoms with Gasteiger partial charge in [-0.05, 0) is 16.7 Å². The van der Waals surface area contributed by atoms with E-state index < -0.39 is 0 Å². The Morgan fingerprint density at radius 3 is 1.33 bits per heavy atom. The van der Waals surface area contributed by atoms with Crippen LogP contribution in [-0.2, 0) is 0 Å². The molecule has 0 radical (unpaired) electrons. The van der Waals surface area contributed by atoms with E-state index >= 15 is 0 Å². The van der Waals surface area contributed by atoms with Crippen molar-refractivity contribution < 1.29 is 0 Å². The average Bonchev–Trinajstić information content (AvgIpc) is 2.39. The largest absolute Gasteiger partial charge is 0.370 e. The van der Waals surface area contributed by atoms with E-state index in [1.807, 2.05) is 36.4 Å². The van der Waals surface area contributed by atoms with Crippen LogP contribution in [-0.4, -0.2) is 5.96 Å². The molecule has 3 nitrogen and oxygen atoms in total. The van der Waals surface area contributed by atoms with Crippen LogP contribution < -0.4 is 11.5 Å². The van der Waals surface area contributed by atoms with Crippen molar-refractivity contribution in [2.75, 3.05) is 0 Å². The summed E-state index contributed by atoms with van der Waals surface area (Å²) in [6.45, 7) is 4.10. The molecule has 0 aliphatic carbocycles. The van der Waals surface area contributed by atoms with Crippen LogP contribution in [0.5, 0.6) is 0 Å². The summed E-state index contributed by atoms with van der Waals surface area (Å²) in [6, 6.07) is 20.5. The Morgan fingerprint density at radius 1 is 0.778 bits per heavy atom. The maximum atomic E-state index is 6.06. The molecule has 0 aliphatic heterocycles. The number of nitrogens with two attached hydrogens (primary N) is 2. The zero-order valence-electron chi connectivity index (χ0n) is 10.1. The summed E-state index contributed by atoms with van der Waals surface area (Å²) in [7, 11) is 0. The number of hydrogen-bond acceptors (Lipinski definition) is 1. The molecule has 0 heterocycles. The van der Waals surface area contributed by atoms with E-state index in [1.165, 1.54) is 11.1 Å². The van der Waals surface area contributed by atoms with Gasteiger partial charge in [0.15, 0.2) is 5.96 Å². The van der Waals surface area contributed by atoms with Crippen molar-refractivity contribution in [3.05, 3.63) is 78.4 Å². The standard InChI is InChI=1S/C14H12.CH5N3/c1-12(13-8-4-2-5-9-13)14-10-6-3-7-11-14;2-1(3)4/h2-11H,1H2;(H5,2,3,4). The fourth-order valence-electron chi connectivity index (χ4n) is 1.45. The summed E-state index contributed by atoms with van der Waals surface area (Å²) in [5.41, 5.74) is 12.4. The Morgan fingerprint density at radius 2 is 1.06 bits per heavy atom. The summed E-state index contributed by atoms with van der Waals surface area (Å²) in [4.78, 5) is 0. The molecule has 0 fully saturated rings. The number of hydrogen-bond donors (Lipinski definition) is 3. The summed E-state index contributed by atoms with van der Waals surface area (Å²) in [5.74, 6) is -0.333. The van der Waals surface area contributed by atoms with Crippen LogP contribution in [0.3, 0.4) is 0 Å². The van der Waals surface area contributed by atoms with Crippen molar-refractivity contribution in [1.29, 1.82) is 5.41 Å². The highest BCUT2D eigenvalue weighted by atomic mass is 14.9. The minimum Gasteiger partial charge on any atom is -0.370 e. The first-order valence-corrected chi connectivity index (χ1v) is 5.50. The molecule has 0 aliphatic rings. The summed E-state index contributed by atoms with van der Waals surface area (Å²) >= 11 is 0. The highest BCUT2D eigenvalue weighted by molar-refractivity contribution is 5.77. The molecule has 0 saturated carbocycles. The van der Waals surface area contributed by atoms with Gasteiger partial charge < -0.3 is 11.5 Å². The molecule has 0 bridgehead atoms. The van der Waals surface area contributed by atoms with Crippen LogP contribution in [0.2, 0.25) is 0 Å². The predicted octanol–water partition coefficient (Wildman–Crippen LogP) is 2.59. The molecule has 5 N–H and O–H groups in total. The predicted molar refractivity (Wildman–Crippen MR) is 77.1 cm³/mol. The van der Waals surface area contributed by atoms with Crippen molar-refractivity contribution >= 4 is 11.5 Å². The van der Waals surface area contributed by atoms with Gasteiger partial charge in [-0.2, -0.15) is 0 Å². The van der Waals surface area contributed by atoms with Crippen LogP contribution in [0.1, 0.15) is 11.1 Å². The third-order valence-corrected chi connectivity index (χ3v) is 2.24. The van der Waals surface area contributed by atoms with Gasteiger partial charge in [0.1, 0.15) is 0 Å². The van der Waals surface area contributed by atoms with Crippen LogP contribution in [0.25, 0.3) is 5.57 Å². The lowest BCUT2D eigenvalue weighted by Gasteiger charge is -2.04. The SMILES string of the molecule is C=C(c1ccccc1)c1ccccc1.N=C(N)N. The van der Waals surface area contributed by atoms with Gasteiger partial charge in [0.05, 0.1) is 0 Å². The van der Waals surface area contributed by atoms with E-state index in [2.05, 4.69) is 42.3 Å². The molecule has 2 aromatic carbocycles. The first-order valence-electron chi connectivity index (χ1n) is 5.50. The molecule has 0 atom stereocenters. The van der Waals surface area contributed by atoms with Crippen LogP contribution >= 0.6 is 0 Å². The van der Waals surface area contributed by atoms with E-state index in [9.17, 15) is 0 Å². The van der Waals surface area contributed by atoms with Gasteiger partial charge in [-0.25, -0.2) is 0 Å². The van der Waals surface area contributed by atoms with Gasteiger partial charge in [0, 0.05) is 0 Å². The summed E-state index contributed by atoms with van der Waals surface area (Å²) < 4.78 is 0. The van der Waals surface area contributed by atoms with Gasteiger partial charge in [0.2, 0.25) is 0 Å². The summed E-state index contributed by atoms with van der Waals surface area (Å²) in [5, 5.41) is 6.06. The van der Waals surface area contributed by atoms with Crippen molar-refractivity contribution in [2.45, 2.75) is 0 Å². The average molecular weight is 239 g/mol. The lowest BCUT2D eigenvalue weighted by molar-refractivity contribution is 1.39. The van der Waals surface area contributed by atoms with Crippen LogP contribution in [0.4, 0.5) is 0 Å². The number of guanidine groups is 1. The lowest BCUT2D eigenvalue weighted by Crippen LogP contribution is -2.20. The van der Waals surface area contributed by atoms with E-state index in [0.29, 0.717) is 0 Å². The van der Waals surface area contributed by atoms with Gasteiger partial charge in [-0.3, -0.25) is 5.41 Å². The first kappa shape index (κ1) is 13.5. The second-order valence-electron chi connectivity index (χ2n) is 3.67. The molecule has 0 amide bonds. The number of benzene rings is 2. The molecular weight excluding hydrogens is 222 g/mol.